The summed E-state index contributed by atoms with van der Waals surface area (Å²) in [5.74, 6) is 0. The lowest BCUT2D eigenvalue weighted by Crippen LogP contribution is -2.37. The lowest BCUT2D eigenvalue weighted by Gasteiger charge is -2.18. The molecule has 1 N–H and O–H groups in total. The Balaban J connectivity index is 1.48. The van der Waals surface area contributed by atoms with Crippen molar-refractivity contribution >= 4 is 13.3 Å². The van der Waals surface area contributed by atoms with E-state index in [1.807, 2.05) is 0 Å². The Morgan fingerprint density at radius 2 is 1.80 bits per heavy atom. The Kier molecular flexibility index (Phi) is 4.02. The average molecular weight is 289 g/mol. The zero-order valence-electron chi connectivity index (χ0n) is 13.2. The maximum absolute atomic E-state index is 3.74. The van der Waals surface area contributed by atoms with E-state index in [0.29, 0.717) is 6.04 Å². The van der Waals surface area contributed by atoms with Gasteiger partial charge in [0.2, 0.25) is 0 Å². The van der Waals surface area contributed by atoms with Crippen molar-refractivity contribution in [3.63, 3.8) is 0 Å². The van der Waals surface area contributed by atoms with Crippen LogP contribution in [-0.4, -0.2) is 38.1 Å². The third-order valence-electron chi connectivity index (χ3n) is 4.70. The van der Waals surface area contributed by atoms with Gasteiger partial charge in [-0.2, -0.15) is 0 Å². The molecule has 0 spiro atoms. The number of nitrogens with one attached hydrogen (secondary N) is 1. The SMILES string of the molecule is C[Si](C)(C)c1ccc(CNC2CCN(C3CC3)C2)cc1. The molecule has 1 aliphatic heterocycles. The van der Waals surface area contributed by atoms with E-state index in [-0.39, 0.29) is 0 Å². The van der Waals surface area contributed by atoms with Crippen molar-refractivity contribution in [2.75, 3.05) is 13.1 Å². The van der Waals surface area contributed by atoms with Crippen LogP contribution in [0.25, 0.3) is 0 Å². The molecule has 1 saturated heterocycles. The highest BCUT2D eigenvalue weighted by molar-refractivity contribution is 6.88. The van der Waals surface area contributed by atoms with E-state index in [4.69, 9.17) is 0 Å². The molecule has 1 aromatic rings. The van der Waals surface area contributed by atoms with Crippen LogP contribution in [0.3, 0.4) is 0 Å². The fourth-order valence-corrected chi connectivity index (χ4v) is 4.28. The van der Waals surface area contributed by atoms with Gasteiger partial charge in [-0.05, 0) is 24.8 Å². The molecule has 3 rings (SSSR count). The van der Waals surface area contributed by atoms with Crippen LogP contribution in [-0.2, 0) is 6.54 Å². The quantitative estimate of drug-likeness (QED) is 0.838. The molecular weight excluding hydrogens is 260 g/mol. The maximum atomic E-state index is 3.74. The van der Waals surface area contributed by atoms with Crippen LogP contribution < -0.4 is 10.5 Å². The third kappa shape index (κ3) is 3.51. The molecule has 0 aromatic heterocycles. The smallest absolute Gasteiger partial charge is 0.0775 e. The molecule has 3 heteroatoms. The van der Waals surface area contributed by atoms with Gasteiger partial charge in [0.05, 0.1) is 8.07 Å². The Hall–Kier alpha value is -0.643. The normalized spacial score (nSPS) is 24.2. The summed E-state index contributed by atoms with van der Waals surface area (Å²) >= 11 is 0. The molecule has 0 radical (unpaired) electrons. The monoisotopic (exact) mass is 288 g/mol. The number of hydrogen-bond donors (Lipinski definition) is 1. The molecule has 1 aliphatic carbocycles. The minimum Gasteiger partial charge on any atom is -0.309 e. The number of nitrogens with zero attached hydrogens (tertiary/aromatic N) is 1. The van der Waals surface area contributed by atoms with E-state index < -0.39 is 8.07 Å². The molecule has 1 unspecified atom stereocenters. The predicted octanol–water partition coefficient (Wildman–Crippen LogP) is 2.56. The van der Waals surface area contributed by atoms with Gasteiger partial charge in [0.25, 0.3) is 0 Å². The number of benzene rings is 1. The number of rotatable bonds is 5. The first-order valence-electron chi connectivity index (χ1n) is 8.09. The average Bonchev–Trinajstić information content (AvgIpc) is 3.15. The van der Waals surface area contributed by atoms with E-state index in [0.717, 1.165) is 12.6 Å². The van der Waals surface area contributed by atoms with Crippen LogP contribution in [0.1, 0.15) is 24.8 Å². The van der Waals surface area contributed by atoms with Crippen molar-refractivity contribution in [1.82, 2.24) is 10.2 Å². The van der Waals surface area contributed by atoms with Crippen LogP contribution in [0.2, 0.25) is 19.6 Å². The molecule has 2 nitrogen and oxygen atoms in total. The Labute approximate surface area is 124 Å². The molecule has 20 heavy (non-hydrogen) atoms. The summed E-state index contributed by atoms with van der Waals surface area (Å²) in [6.07, 6.45) is 4.19. The summed E-state index contributed by atoms with van der Waals surface area (Å²) in [6.45, 7) is 10.8. The van der Waals surface area contributed by atoms with E-state index in [9.17, 15) is 0 Å². The van der Waals surface area contributed by atoms with Gasteiger partial charge in [0.1, 0.15) is 0 Å². The van der Waals surface area contributed by atoms with Gasteiger partial charge in [-0.25, -0.2) is 0 Å². The summed E-state index contributed by atoms with van der Waals surface area (Å²) < 4.78 is 0. The van der Waals surface area contributed by atoms with Crippen molar-refractivity contribution in [1.29, 1.82) is 0 Å². The first kappa shape index (κ1) is 14.3. The molecule has 1 heterocycles. The first-order chi connectivity index (χ1) is 9.52. The van der Waals surface area contributed by atoms with E-state index in [2.05, 4.69) is 54.1 Å². The molecule has 2 fully saturated rings. The van der Waals surface area contributed by atoms with Gasteiger partial charge in [0.15, 0.2) is 0 Å². The van der Waals surface area contributed by atoms with Crippen molar-refractivity contribution in [2.45, 2.75) is 57.5 Å². The van der Waals surface area contributed by atoms with Crippen LogP contribution in [0.15, 0.2) is 24.3 Å². The number of hydrogen-bond acceptors (Lipinski definition) is 2. The summed E-state index contributed by atoms with van der Waals surface area (Å²) in [5, 5.41) is 5.30. The maximum Gasteiger partial charge on any atom is 0.0775 e. The Bertz CT molecular complexity index is 445. The van der Waals surface area contributed by atoms with Crippen LogP contribution in [0, 0.1) is 0 Å². The molecule has 0 bridgehead atoms. The fourth-order valence-electron chi connectivity index (χ4n) is 3.11. The Morgan fingerprint density at radius 1 is 1.10 bits per heavy atom. The second-order valence-corrected chi connectivity index (χ2v) is 12.6. The molecule has 110 valence electrons. The van der Waals surface area contributed by atoms with Gasteiger partial charge in [0, 0.05) is 31.7 Å². The minimum atomic E-state index is -1.15. The zero-order valence-corrected chi connectivity index (χ0v) is 14.2. The topological polar surface area (TPSA) is 15.3 Å². The summed E-state index contributed by atoms with van der Waals surface area (Å²) in [5.41, 5.74) is 1.43. The highest BCUT2D eigenvalue weighted by atomic mass is 28.3. The van der Waals surface area contributed by atoms with Gasteiger partial charge in [-0.3, -0.25) is 4.90 Å². The Morgan fingerprint density at radius 3 is 2.40 bits per heavy atom. The molecule has 1 aromatic carbocycles. The molecule has 2 aliphatic rings. The van der Waals surface area contributed by atoms with E-state index in [1.54, 1.807) is 5.19 Å². The highest BCUT2D eigenvalue weighted by Crippen LogP contribution is 2.29. The lowest BCUT2D eigenvalue weighted by atomic mass is 10.2. The molecule has 0 amide bonds. The fraction of sp³-hybridized carbons (Fsp3) is 0.647. The van der Waals surface area contributed by atoms with Gasteiger partial charge >= 0.3 is 0 Å². The lowest BCUT2D eigenvalue weighted by molar-refractivity contribution is 0.317. The minimum absolute atomic E-state index is 0.701. The van der Waals surface area contributed by atoms with Gasteiger partial charge in [-0.1, -0.05) is 49.1 Å². The van der Waals surface area contributed by atoms with Crippen LogP contribution in [0.5, 0.6) is 0 Å². The number of likely N-dealkylation sites (tertiary alicyclic amines) is 1. The molecular formula is C17H28N2Si. The summed E-state index contributed by atoms with van der Waals surface area (Å²) in [4.78, 5) is 2.67. The largest absolute Gasteiger partial charge is 0.309 e. The zero-order chi connectivity index (χ0) is 14.2. The second kappa shape index (κ2) is 5.62. The van der Waals surface area contributed by atoms with Crippen molar-refractivity contribution in [2.24, 2.45) is 0 Å². The van der Waals surface area contributed by atoms with Crippen LogP contribution in [0.4, 0.5) is 0 Å². The van der Waals surface area contributed by atoms with E-state index >= 15 is 0 Å². The van der Waals surface area contributed by atoms with E-state index in [1.165, 1.54) is 37.9 Å². The third-order valence-corrected chi connectivity index (χ3v) is 6.76. The first-order valence-corrected chi connectivity index (χ1v) is 11.6. The van der Waals surface area contributed by atoms with Crippen molar-refractivity contribution in [3.05, 3.63) is 29.8 Å². The van der Waals surface area contributed by atoms with Crippen molar-refractivity contribution in [3.8, 4) is 0 Å². The second-order valence-electron chi connectivity index (χ2n) is 7.54. The summed E-state index contributed by atoms with van der Waals surface area (Å²) in [7, 11) is -1.15. The van der Waals surface area contributed by atoms with Crippen molar-refractivity contribution < 1.29 is 0 Å². The van der Waals surface area contributed by atoms with Gasteiger partial charge in [-0.15, -0.1) is 0 Å². The predicted molar refractivity (Wildman–Crippen MR) is 89.3 cm³/mol. The standard InChI is InChI=1S/C17H28N2Si/c1-20(2,3)17-8-4-14(5-9-17)12-18-15-10-11-19(13-15)16-6-7-16/h4-5,8-9,15-16,18H,6-7,10-13H2,1-3H3. The van der Waals surface area contributed by atoms with Crippen LogP contribution >= 0.6 is 0 Å². The highest BCUT2D eigenvalue weighted by Gasteiger charge is 2.33. The molecule has 1 atom stereocenters. The summed E-state index contributed by atoms with van der Waals surface area (Å²) in [6, 6.07) is 10.9. The molecule has 1 saturated carbocycles. The van der Waals surface area contributed by atoms with Gasteiger partial charge < -0.3 is 5.32 Å².